The molecule has 9 aromatic rings. The second kappa shape index (κ2) is 7.55. The highest BCUT2D eigenvalue weighted by atomic mass is 16.3. The number of para-hydroxylation sites is 2. The van der Waals surface area contributed by atoms with Gasteiger partial charge in [0.05, 0.1) is 33.1 Å². The molecular weight excluding hydrogens is 480 g/mol. The highest BCUT2D eigenvalue weighted by molar-refractivity contribution is 6.11. The minimum Gasteiger partial charge on any atom is -0.456 e. The van der Waals surface area contributed by atoms with Crippen molar-refractivity contribution in [2.24, 2.45) is 0 Å². The van der Waals surface area contributed by atoms with Crippen LogP contribution in [0.3, 0.4) is 0 Å². The molecule has 0 unspecified atom stereocenters. The fourth-order valence-electron chi connectivity index (χ4n) is 6.16. The molecule has 0 atom stereocenters. The zero-order chi connectivity index (χ0) is 25.5. The van der Waals surface area contributed by atoms with Crippen molar-refractivity contribution >= 4 is 65.8 Å². The van der Waals surface area contributed by atoms with Crippen LogP contribution in [0, 0.1) is 0 Å². The topological polar surface area (TPSA) is 48.8 Å². The van der Waals surface area contributed by atoms with E-state index < -0.39 is 0 Å². The van der Waals surface area contributed by atoms with Crippen molar-refractivity contribution in [2.45, 2.75) is 0 Å². The monoisotopic (exact) mass is 500 g/mol. The third-order valence-electron chi connectivity index (χ3n) is 7.81. The smallest absolute Gasteiger partial charge is 0.135 e. The molecule has 0 aliphatic heterocycles. The SMILES string of the molecule is c1ccc2c(c1)oc1ccc(-n3c4ccc(-n5c6ccccc6c6ncccc65)cc4c4ncccc43)cc12. The van der Waals surface area contributed by atoms with Crippen LogP contribution in [-0.4, -0.2) is 19.1 Å². The van der Waals surface area contributed by atoms with Gasteiger partial charge in [0.2, 0.25) is 0 Å². The van der Waals surface area contributed by atoms with Crippen LogP contribution in [0.5, 0.6) is 0 Å². The number of aromatic nitrogens is 4. The molecule has 5 heterocycles. The Kier molecular flexibility index (Phi) is 3.99. The molecule has 4 aromatic carbocycles. The average molecular weight is 501 g/mol. The van der Waals surface area contributed by atoms with Crippen LogP contribution in [0.1, 0.15) is 0 Å². The fraction of sp³-hybridized carbons (Fsp3) is 0. The lowest BCUT2D eigenvalue weighted by atomic mass is 10.1. The van der Waals surface area contributed by atoms with Gasteiger partial charge in [0, 0.05) is 45.3 Å². The maximum Gasteiger partial charge on any atom is 0.135 e. The first-order valence-electron chi connectivity index (χ1n) is 13.0. The third-order valence-corrected chi connectivity index (χ3v) is 7.81. The Morgan fingerprint density at radius 3 is 1.79 bits per heavy atom. The Hall–Kier alpha value is -5.42. The molecule has 5 heteroatoms. The van der Waals surface area contributed by atoms with Gasteiger partial charge in [-0.05, 0) is 72.8 Å². The van der Waals surface area contributed by atoms with E-state index in [4.69, 9.17) is 14.4 Å². The molecule has 0 spiro atoms. The summed E-state index contributed by atoms with van der Waals surface area (Å²) in [6.07, 6.45) is 3.73. The number of benzene rings is 4. The molecule has 0 fully saturated rings. The van der Waals surface area contributed by atoms with E-state index in [-0.39, 0.29) is 0 Å². The lowest BCUT2D eigenvalue weighted by Crippen LogP contribution is -1.95. The second-order valence-electron chi connectivity index (χ2n) is 9.91. The Morgan fingerprint density at radius 2 is 1.00 bits per heavy atom. The van der Waals surface area contributed by atoms with E-state index in [1.807, 2.05) is 36.7 Å². The van der Waals surface area contributed by atoms with Gasteiger partial charge in [0.15, 0.2) is 0 Å². The lowest BCUT2D eigenvalue weighted by Gasteiger charge is -2.10. The summed E-state index contributed by atoms with van der Waals surface area (Å²) >= 11 is 0. The third kappa shape index (κ3) is 2.79. The molecule has 0 bridgehead atoms. The number of pyridine rings is 2. The first-order chi connectivity index (χ1) is 19.3. The van der Waals surface area contributed by atoms with Gasteiger partial charge >= 0.3 is 0 Å². The summed E-state index contributed by atoms with van der Waals surface area (Å²) in [7, 11) is 0. The average Bonchev–Trinajstić information content (AvgIpc) is 3.64. The molecular formula is C34H20N4O. The van der Waals surface area contributed by atoms with Crippen LogP contribution >= 0.6 is 0 Å². The van der Waals surface area contributed by atoms with Crippen molar-refractivity contribution < 1.29 is 4.42 Å². The van der Waals surface area contributed by atoms with Crippen molar-refractivity contribution in [3.05, 3.63) is 122 Å². The molecule has 5 aromatic heterocycles. The lowest BCUT2D eigenvalue weighted by molar-refractivity contribution is 0.669. The Bertz CT molecular complexity index is 2350. The quantitative estimate of drug-likeness (QED) is 0.239. The zero-order valence-electron chi connectivity index (χ0n) is 20.7. The van der Waals surface area contributed by atoms with E-state index >= 15 is 0 Å². The van der Waals surface area contributed by atoms with Gasteiger partial charge in [-0.3, -0.25) is 9.97 Å². The molecule has 0 aliphatic rings. The van der Waals surface area contributed by atoms with Gasteiger partial charge in [0.1, 0.15) is 11.2 Å². The van der Waals surface area contributed by atoms with Crippen LogP contribution in [0.4, 0.5) is 0 Å². The molecule has 9 rings (SSSR count). The van der Waals surface area contributed by atoms with E-state index in [0.717, 1.165) is 77.2 Å². The minimum atomic E-state index is 0.890. The van der Waals surface area contributed by atoms with Gasteiger partial charge < -0.3 is 13.6 Å². The van der Waals surface area contributed by atoms with E-state index in [1.165, 1.54) is 0 Å². The van der Waals surface area contributed by atoms with Gasteiger partial charge in [-0.25, -0.2) is 0 Å². The van der Waals surface area contributed by atoms with Gasteiger partial charge in [-0.1, -0.05) is 36.4 Å². The molecule has 5 nitrogen and oxygen atoms in total. The summed E-state index contributed by atoms with van der Waals surface area (Å²) in [5.41, 5.74) is 10.4. The van der Waals surface area contributed by atoms with E-state index in [0.29, 0.717) is 0 Å². The van der Waals surface area contributed by atoms with Gasteiger partial charge in [0.25, 0.3) is 0 Å². The first-order valence-corrected chi connectivity index (χ1v) is 13.0. The van der Waals surface area contributed by atoms with E-state index in [1.54, 1.807) is 0 Å². The molecule has 0 aliphatic carbocycles. The molecule has 0 saturated heterocycles. The molecule has 39 heavy (non-hydrogen) atoms. The number of fused-ring (bicyclic) bond motifs is 9. The predicted octanol–water partition coefficient (Wildman–Crippen LogP) is 8.57. The first kappa shape index (κ1) is 20.6. The van der Waals surface area contributed by atoms with Crippen molar-refractivity contribution in [1.29, 1.82) is 0 Å². The van der Waals surface area contributed by atoms with Crippen molar-refractivity contribution in [3.8, 4) is 11.4 Å². The summed E-state index contributed by atoms with van der Waals surface area (Å²) in [4.78, 5) is 9.55. The number of hydrogen-bond donors (Lipinski definition) is 0. The maximum atomic E-state index is 6.10. The molecule has 0 amide bonds. The highest BCUT2D eigenvalue weighted by Crippen LogP contribution is 2.37. The van der Waals surface area contributed by atoms with E-state index in [9.17, 15) is 0 Å². The molecule has 0 N–H and O–H groups in total. The van der Waals surface area contributed by atoms with E-state index in [2.05, 4.69) is 94.1 Å². The fourth-order valence-corrected chi connectivity index (χ4v) is 6.16. The summed E-state index contributed by atoms with van der Waals surface area (Å²) in [6.45, 7) is 0. The van der Waals surface area contributed by atoms with Crippen molar-refractivity contribution in [1.82, 2.24) is 19.1 Å². The predicted molar refractivity (Wildman–Crippen MR) is 158 cm³/mol. The summed E-state index contributed by atoms with van der Waals surface area (Å²) in [6, 6.07) is 38.0. The standard InChI is InChI=1S/C34H20N4O/c1-3-9-27-24(8-1)33-29(10-5-17-35-33)37(27)21-13-15-28-26(20-21)34-30(11-6-18-36-34)38(28)22-14-16-32-25(19-22)23-7-2-4-12-31(23)39-32/h1-20H. The Balaban J connectivity index is 1.34. The maximum absolute atomic E-state index is 6.10. The minimum absolute atomic E-state index is 0.890. The molecule has 0 saturated carbocycles. The van der Waals surface area contributed by atoms with Crippen LogP contribution in [0.2, 0.25) is 0 Å². The highest BCUT2D eigenvalue weighted by Gasteiger charge is 2.18. The Morgan fingerprint density at radius 1 is 0.436 bits per heavy atom. The second-order valence-corrected chi connectivity index (χ2v) is 9.91. The van der Waals surface area contributed by atoms with Gasteiger partial charge in [-0.2, -0.15) is 0 Å². The van der Waals surface area contributed by atoms with Crippen LogP contribution < -0.4 is 0 Å². The summed E-state index contributed by atoms with van der Waals surface area (Å²) in [5, 5.41) is 4.48. The van der Waals surface area contributed by atoms with Gasteiger partial charge in [-0.15, -0.1) is 0 Å². The number of rotatable bonds is 2. The number of furan rings is 1. The van der Waals surface area contributed by atoms with Crippen LogP contribution in [-0.2, 0) is 0 Å². The van der Waals surface area contributed by atoms with Crippen LogP contribution in [0.15, 0.2) is 126 Å². The van der Waals surface area contributed by atoms with Crippen molar-refractivity contribution in [2.75, 3.05) is 0 Å². The molecule has 182 valence electrons. The zero-order valence-corrected chi connectivity index (χ0v) is 20.7. The van der Waals surface area contributed by atoms with Crippen LogP contribution in [0.25, 0.3) is 77.2 Å². The number of hydrogen-bond acceptors (Lipinski definition) is 3. The largest absolute Gasteiger partial charge is 0.456 e. The summed E-state index contributed by atoms with van der Waals surface area (Å²) < 4.78 is 10.7. The van der Waals surface area contributed by atoms with Crippen molar-refractivity contribution in [3.63, 3.8) is 0 Å². The summed E-state index contributed by atoms with van der Waals surface area (Å²) in [5.74, 6) is 0. The normalized spacial score (nSPS) is 12.1. The Labute approximate surface area is 222 Å². The molecule has 0 radical (unpaired) electrons. The number of nitrogens with zero attached hydrogens (tertiary/aromatic N) is 4.